The highest BCUT2D eigenvalue weighted by Crippen LogP contribution is 2.22. The number of esters is 1. The summed E-state index contributed by atoms with van der Waals surface area (Å²) in [5, 5.41) is 7.87. The maximum absolute atomic E-state index is 12.1. The zero-order valence-electron chi connectivity index (χ0n) is 13.1. The van der Waals surface area contributed by atoms with E-state index in [9.17, 15) is 9.59 Å². The number of carbonyl (C=O) groups is 2. The molecule has 122 valence electrons. The minimum absolute atomic E-state index is 0.136. The molecule has 0 saturated heterocycles. The first-order valence-electron chi connectivity index (χ1n) is 7.33. The number of hydrogen-bond donors (Lipinski definition) is 1. The van der Waals surface area contributed by atoms with E-state index in [4.69, 9.17) is 9.15 Å². The first-order valence-corrected chi connectivity index (χ1v) is 7.33. The summed E-state index contributed by atoms with van der Waals surface area (Å²) in [5.74, 6) is -0.190. The molecular weight excluding hydrogens is 310 g/mol. The average Bonchev–Trinajstić information content (AvgIpc) is 3.25. The standard InChI is InChI=1S/C17H15N3O4/c1-10(21)13-8-14(18-9-13)17(22)23-11(2)15-19-20-16(24-15)12-6-4-3-5-7-12/h3-9,11,18H,1-2H3. The van der Waals surface area contributed by atoms with Crippen molar-refractivity contribution in [3.8, 4) is 11.5 Å². The van der Waals surface area contributed by atoms with E-state index in [2.05, 4.69) is 15.2 Å². The van der Waals surface area contributed by atoms with Gasteiger partial charge in [0.25, 0.3) is 5.89 Å². The molecule has 0 bridgehead atoms. The molecule has 2 aromatic heterocycles. The molecule has 7 heteroatoms. The number of hydrogen-bond acceptors (Lipinski definition) is 6. The van der Waals surface area contributed by atoms with E-state index in [1.807, 2.05) is 30.3 Å². The number of benzene rings is 1. The summed E-state index contributed by atoms with van der Waals surface area (Å²) in [7, 11) is 0. The second-order valence-electron chi connectivity index (χ2n) is 5.22. The van der Waals surface area contributed by atoms with Crippen molar-refractivity contribution in [2.24, 2.45) is 0 Å². The van der Waals surface area contributed by atoms with Crippen molar-refractivity contribution >= 4 is 11.8 Å². The van der Waals surface area contributed by atoms with Crippen molar-refractivity contribution in [2.45, 2.75) is 20.0 Å². The fourth-order valence-corrected chi connectivity index (χ4v) is 2.09. The van der Waals surface area contributed by atoms with Crippen LogP contribution in [0.4, 0.5) is 0 Å². The molecule has 7 nitrogen and oxygen atoms in total. The van der Waals surface area contributed by atoms with Crippen LogP contribution in [0, 0.1) is 0 Å². The molecule has 0 amide bonds. The number of carbonyl (C=O) groups excluding carboxylic acids is 2. The van der Waals surface area contributed by atoms with Crippen LogP contribution in [0.5, 0.6) is 0 Å². The molecule has 0 fully saturated rings. The van der Waals surface area contributed by atoms with Crippen molar-refractivity contribution in [1.82, 2.24) is 15.2 Å². The molecule has 2 heterocycles. The maximum atomic E-state index is 12.1. The van der Waals surface area contributed by atoms with Crippen LogP contribution in [0.1, 0.15) is 46.7 Å². The van der Waals surface area contributed by atoms with E-state index < -0.39 is 12.1 Å². The molecule has 1 unspecified atom stereocenters. The van der Waals surface area contributed by atoms with Gasteiger partial charge in [-0.2, -0.15) is 0 Å². The molecule has 0 aliphatic rings. The van der Waals surface area contributed by atoms with Crippen molar-refractivity contribution in [3.05, 3.63) is 59.7 Å². The van der Waals surface area contributed by atoms with E-state index in [1.165, 1.54) is 19.2 Å². The third-order valence-corrected chi connectivity index (χ3v) is 3.40. The highest BCUT2D eigenvalue weighted by molar-refractivity contribution is 5.97. The maximum Gasteiger partial charge on any atom is 0.355 e. The molecule has 24 heavy (non-hydrogen) atoms. The average molecular weight is 325 g/mol. The molecule has 0 aliphatic carbocycles. The van der Waals surface area contributed by atoms with Crippen LogP contribution in [0.3, 0.4) is 0 Å². The lowest BCUT2D eigenvalue weighted by Crippen LogP contribution is -2.10. The third-order valence-electron chi connectivity index (χ3n) is 3.40. The summed E-state index contributed by atoms with van der Waals surface area (Å²) in [6.07, 6.45) is 0.746. The second-order valence-corrected chi connectivity index (χ2v) is 5.22. The fraction of sp³-hybridized carbons (Fsp3) is 0.176. The van der Waals surface area contributed by atoms with Crippen molar-refractivity contribution in [1.29, 1.82) is 0 Å². The van der Waals surface area contributed by atoms with Crippen LogP contribution in [0.15, 0.2) is 47.0 Å². The Morgan fingerprint density at radius 1 is 1.21 bits per heavy atom. The predicted octanol–water partition coefficient (Wildman–Crippen LogP) is 3.19. The minimum Gasteiger partial charge on any atom is -0.448 e. The number of nitrogens with one attached hydrogen (secondary N) is 1. The van der Waals surface area contributed by atoms with Gasteiger partial charge in [0.15, 0.2) is 11.9 Å². The first-order chi connectivity index (χ1) is 11.5. The van der Waals surface area contributed by atoms with E-state index >= 15 is 0 Å². The molecule has 1 N–H and O–H groups in total. The summed E-state index contributed by atoms with van der Waals surface area (Å²) in [5.41, 5.74) is 1.39. The van der Waals surface area contributed by atoms with Gasteiger partial charge < -0.3 is 14.1 Å². The Morgan fingerprint density at radius 2 is 1.96 bits per heavy atom. The summed E-state index contributed by atoms with van der Waals surface area (Å²) in [6.45, 7) is 3.06. The number of nitrogens with zero attached hydrogens (tertiary/aromatic N) is 2. The van der Waals surface area contributed by atoms with E-state index in [0.717, 1.165) is 5.56 Å². The summed E-state index contributed by atoms with van der Waals surface area (Å²) in [4.78, 5) is 26.1. The lowest BCUT2D eigenvalue weighted by atomic mass is 10.2. The van der Waals surface area contributed by atoms with Gasteiger partial charge in [0.2, 0.25) is 5.89 Å². The lowest BCUT2D eigenvalue weighted by molar-refractivity contribution is 0.0273. The second kappa shape index (κ2) is 6.49. The van der Waals surface area contributed by atoms with E-state index in [-0.39, 0.29) is 17.4 Å². The van der Waals surface area contributed by atoms with Crippen LogP contribution in [0.2, 0.25) is 0 Å². The van der Waals surface area contributed by atoms with Gasteiger partial charge in [-0.05, 0) is 32.0 Å². The number of ether oxygens (including phenoxy) is 1. The summed E-state index contributed by atoms with van der Waals surface area (Å²) in [6, 6.07) is 10.7. The topological polar surface area (TPSA) is 98.1 Å². The molecule has 3 aromatic rings. The van der Waals surface area contributed by atoms with Crippen LogP contribution < -0.4 is 0 Å². The van der Waals surface area contributed by atoms with Gasteiger partial charge >= 0.3 is 5.97 Å². The van der Waals surface area contributed by atoms with Gasteiger partial charge in [0.05, 0.1) is 0 Å². The Labute approximate surface area is 137 Å². The zero-order valence-corrected chi connectivity index (χ0v) is 13.1. The number of ketones is 1. The fourth-order valence-electron chi connectivity index (χ4n) is 2.09. The smallest absolute Gasteiger partial charge is 0.355 e. The van der Waals surface area contributed by atoms with Crippen molar-refractivity contribution in [3.63, 3.8) is 0 Å². The number of aromatic nitrogens is 3. The highest BCUT2D eigenvalue weighted by Gasteiger charge is 2.21. The molecule has 0 aliphatic heterocycles. The molecule has 1 aromatic carbocycles. The quantitative estimate of drug-likeness (QED) is 0.571. The Bertz CT molecular complexity index is 867. The van der Waals surface area contributed by atoms with Gasteiger partial charge in [0, 0.05) is 17.3 Å². The number of H-pyrrole nitrogens is 1. The van der Waals surface area contributed by atoms with Crippen LogP contribution in [0.25, 0.3) is 11.5 Å². The molecule has 1 atom stereocenters. The third kappa shape index (κ3) is 3.24. The summed E-state index contributed by atoms with van der Waals surface area (Å²) < 4.78 is 10.8. The molecular formula is C17H15N3O4. The minimum atomic E-state index is -0.716. The van der Waals surface area contributed by atoms with Gasteiger partial charge in [0.1, 0.15) is 5.69 Å². The van der Waals surface area contributed by atoms with Gasteiger partial charge in [-0.3, -0.25) is 4.79 Å². The Balaban J connectivity index is 1.70. The largest absolute Gasteiger partial charge is 0.448 e. The first kappa shape index (κ1) is 15.7. The number of Topliss-reactive ketones (excluding diaryl/α,β-unsaturated/α-hetero) is 1. The van der Waals surface area contributed by atoms with Gasteiger partial charge in [-0.25, -0.2) is 4.79 Å². The summed E-state index contributed by atoms with van der Waals surface area (Å²) >= 11 is 0. The Hall–Kier alpha value is -3.22. The molecule has 0 spiro atoms. The van der Waals surface area contributed by atoms with E-state index in [1.54, 1.807) is 6.92 Å². The van der Waals surface area contributed by atoms with Crippen molar-refractivity contribution in [2.75, 3.05) is 0 Å². The van der Waals surface area contributed by atoms with Crippen molar-refractivity contribution < 1.29 is 18.7 Å². The monoisotopic (exact) mass is 325 g/mol. The Kier molecular flexibility index (Phi) is 4.24. The van der Waals surface area contributed by atoms with Gasteiger partial charge in [-0.1, -0.05) is 18.2 Å². The van der Waals surface area contributed by atoms with E-state index in [0.29, 0.717) is 11.5 Å². The highest BCUT2D eigenvalue weighted by atomic mass is 16.6. The van der Waals surface area contributed by atoms with Crippen LogP contribution in [-0.4, -0.2) is 26.9 Å². The molecule has 3 rings (SSSR count). The molecule has 0 radical (unpaired) electrons. The van der Waals surface area contributed by atoms with Gasteiger partial charge in [-0.15, -0.1) is 10.2 Å². The van der Waals surface area contributed by atoms with Crippen LogP contribution in [-0.2, 0) is 4.74 Å². The normalized spacial score (nSPS) is 11.9. The SMILES string of the molecule is CC(=O)c1c[nH]c(C(=O)OC(C)c2nnc(-c3ccccc3)o2)c1. The number of rotatable bonds is 5. The molecule has 0 saturated carbocycles. The Morgan fingerprint density at radius 3 is 2.62 bits per heavy atom. The zero-order chi connectivity index (χ0) is 17.1. The van der Waals surface area contributed by atoms with Crippen LogP contribution >= 0.6 is 0 Å². The lowest BCUT2D eigenvalue weighted by Gasteiger charge is -2.08. The number of aromatic amines is 1. The predicted molar refractivity (Wildman–Crippen MR) is 84.4 cm³/mol.